The quantitative estimate of drug-likeness (QED) is 0.622. The number of benzene rings is 2. The van der Waals surface area contributed by atoms with Crippen LogP contribution in [0.4, 0.5) is 0 Å². The minimum absolute atomic E-state index is 1.04. The van der Waals surface area contributed by atoms with E-state index in [1.807, 2.05) is 0 Å². The second-order valence-electron chi connectivity index (χ2n) is 7.48. The molecule has 0 spiro atoms. The van der Waals surface area contributed by atoms with E-state index in [-0.39, 0.29) is 0 Å². The van der Waals surface area contributed by atoms with Crippen molar-refractivity contribution in [2.24, 2.45) is 0 Å². The lowest BCUT2D eigenvalue weighted by molar-refractivity contribution is 0.312. The van der Waals surface area contributed by atoms with Crippen molar-refractivity contribution in [2.45, 2.75) is 33.7 Å². The fraction of sp³-hybridized carbons (Fsp3) is 0.304. The van der Waals surface area contributed by atoms with E-state index in [0.29, 0.717) is 0 Å². The molecule has 25 heavy (non-hydrogen) atoms. The van der Waals surface area contributed by atoms with E-state index in [4.69, 9.17) is 0 Å². The van der Waals surface area contributed by atoms with Crippen LogP contribution in [-0.4, -0.2) is 23.1 Å². The van der Waals surface area contributed by atoms with Gasteiger partial charge in [-0.05, 0) is 56.7 Å². The maximum atomic E-state index is 2.44. The molecule has 0 atom stereocenters. The van der Waals surface area contributed by atoms with Crippen molar-refractivity contribution in [1.82, 2.24) is 9.47 Å². The van der Waals surface area contributed by atoms with Gasteiger partial charge in [-0.2, -0.15) is 0 Å². The molecule has 0 saturated carbocycles. The Bertz CT molecular complexity index is 958. The molecule has 0 unspecified atom stereocenters. The molecule has 0 radical (unpaired) electrons. The highest BCUT2D eigenvalue weighted by Gasteiger charge is 2.21. The molecule has 0 bridgehead atoms. The fourth-order valence-electron chi connectivity index (χ4n) is 3.87. The zero-order valence-corrected chi connectivity index (χ0v) is 15.6. The van der Waals surface area contributed by atoms with E-state index >= 15 is 0 Å². The van der Waals surface area contributed by atoms with Gasteiger partial charge in [0.25, 0.3) is 0 Å². The number of allylic oxidation sites excluding steroid dienone is 1. The largest absolute Gasteiger partial charge is 0.320 e. The van der Waals surface area contributed by atoms with E-state index in [1.165, 1.54) is 44.4 Å². The topological polar surface area (TPSA) is 8.17 Å². The first-order valence-electron chi connectivity index (χ1n) is 9.09. The Balaban J connectivity index is 1.89. The van der Waals surface area contributed by atoms with Crippen LogP contribution in [0.1, 0.15) is 34.9 Å². The Labute approximate surface area is 150 Å². The van der Waals surface area contributed by atoms with Gasteiger partial charge in [0.15, 0.2) is 0 Å². The number of fused-ring (bicyclic) bond motifs is 3. The average Bonchev–Trinajstić information content (AvgIpc) is 2.88. The first kappa shape index (κ1) is 16.2. The molecule has 2 heterocycles. The van der Waals surface area contributed by atoms with E-state index in [0.717, 1.165) is 19.5 Å². The molecule has 0 fully saturated rings. The van der Waals surface area contributed by atoms with Gasteiger partial charge in [-0.25, -0.2) is 0 Å². The second kappa shape index (κ2) is 6.20. The number of hydrogen-bond donors (Lipinski definition) is 0. The van der Waals surface area contributed by atoms with Crippen molar-refractivity contribution >= 4 is 22.7 Å². The predicted octanol–water partition coefficient (Wildman–Crippen LogP) is 5.26. The standard InChI is InChI=1S/C23H26N2/c1-16-5-8-19(9-6-16)18(3)14-25-22-10-7-17(2)13-20(22)21-15-24(4)12-11-23(21)25/h5-10,13-14H,11-12,15H2,1-4H3. The van der Waals surface area contributed by atoms with Crippen LogP contribution in [0.3, 0.4) is 0 Å². The van der Waals surface area contributed by atoms with Gasteiger partial charge in [0.05, 0.1) is 5.52 Å². The lowest BCUT2D eigenvalue weighted by Gasteiger charge is -2.23. The summed E-state index contributed by atoms with van der Waals surface area (Å²) < 4.78 is 2.44. The maximum Gasteiger partial charge on any atom is 0.0529 e. The normalized spacial score (nSPS) is 15.6. The molecular formula is C23H26N2. The zero-order chi connectivity index (χ0) is 17.6. The number of hydrogen-bond acceptors (Lipinski definition) is 1. The lowest BCUT2D eigenvalue weighted by atomic mass is 10.0. The summed E-state index contributed by atoms with van der Waals surface area (Å²) in [6.07, 6.45) is 3.43. The van der Waals surface area contributed by atoms with Crippen LogP contribution in [0.25, 0.3) is 22.7 Å². The fourth-order valence-corrected chi connectivity index (χ4v) is 3.87. The minimum Gasteiger partial charge on any atom is -0.320 e. The Kier molecular flexibility index (Phi) is 4.01. The molecule has 2 nitrogen and oxygen atoms in total. The summed E-state index contributed by atoms with van der Waals surface area (Å²) in [5.41, 5.74) is 9.54. The van der Waals surface area contributed by atoms with Crippen LogP contribution in [0.15, 0.2) is 42.5 Å². The van der Waals surface area contributed by atoms with Gasteiger partial charge in [-0.3, -0.25) is 0 Å². The molecular weight excluding hydrogens is 304 g/mol. The second-order valence-corrected chi connectivity index (χ2v) is 7.48. The third kappa shape index (κ3) is 2.91. The number of likely N-dealkylation sites (N-methyl/N-ethyl adjacent to an activating group) is 1. The van der Waals surface area contributed by atoms with Gasteiger partial charge < -0.3 is 9.47 Å². The molecule has 128 valence electrons. The Hall–Kier alpha value is -2.32. The van der Waals surface area contributed by atoms with Crippen LogP contribution < -0.4 is 0 Å². The Morgan fingerprint density at radius 3 is 2.48 bits per heavy atom. The van der Waals surface area contributed by atoms with Gasteiger partial charge in [0.1, 0.15) is 0 Å². The molecule has 0 amide bonds. The van der Waals surface area contributed by atoms with Crippen LogP contribution in [0.5, 0.6) is 0 Å². The van der Waals surface area contributed by atoms with Crippen molar-refractivity contribution in [2.75, 3.05) is 13.6 Å². The van der Waals surface area contributed by atoms with Gasteiger partial charge >= 0.3 is 0 Å². The summed E-state index contributed by atoms with van der Waals surface area (Å²) in [5.74, 6) is 0. The number of aryl methyl sites for hydroxylation is 2. The lowest BCUT2D eigenvalue weighted by Crippen LogP contribution is -2.26. The van der Waals surface area contributed by atoms with E-state index in [1.54, 1.807) is 0 Å². The summed E-state index contributed by atoms with van der Waals surface area (Å²) in [4.78, 5) is 2.42. The van der Waals surface area contributed by atoms with E-state index < -0.39 is 0 Å². The van der Waals surface area contributed by atoms with Crippen molar-refractivity contribution in [1.29, 1.82) is 0 Å². The van der Waals surface area contributed by atoms with Crippen molar-refractivity contribution in [3.63, 3.8) is 0 Å². The average molecular weight is 330 g/mol. The molecule has 4 rings (SSSR count). The van der Waals surface area contributed by atoms with Crippen LogP contribution >= 0.6 is 0 Å². The third-order valence-corrected chi connectivity index (χ3v) is 5.36. The Morgan fingerprint density at radius 2 is 1.72 bits per heavy atom. The maximum absolute atomic E-state index is 2.44. The molecule has 1 aromatic heterocycles. The Morgan fingerprint density at radius 1 is 1.00 bits per heavy atom. The third-order valence-electron chi connectivity index (χ3n) is 5.36. The predicted molar refractivity (Wildman–Crippen MR) is 108 cm³/mol. The highest BCUT2D eigenvalue weighted by atomic mass is 15.1. The molecule has 1 aliphatic rings. The molecule has 3 aromatic rings. The van der Waals surface area contributed by atoms with Crippen molar-refractivity contribution in [3.8, 4) is 0 Å². The number of rotatable bonds is 2. The highest BCUT2D eigenvalue weighted by Crippen LogP contribution is 2.32. The first-order valence-corrected chi connectivity index (χ1v) is 9.09. The van der Waals surface area contributed by atoms with E-state index in [2.05, 4.69) is 86.0 Å². The first-order chi connectivity index (χ1) is 12.0. The van der Waals surface area contributed by atoms with Crippen molar-refractivity contribution in [3.05, 3.63) is 70.4 Å². The van der Waals surface area contributed by atoms with Gasteiger partial charge in [-0.1, -0.05) is 41.5 Å². The van der Waals surface area contributed by atoms with Gasteiger partial charge in [0.2, 0.25) is 0 Å². The number of aromatic nitrogens is 1. The zero-order valence-electron chi connectivity index (χ0n) is 15.6. The number of nitrogens with zero attached hydrogens (tertiary/aromatic N) is 2. The molecule has 0 aliphatic carbocycles. The SMILES string of the molecule is CC(=Cn1c2c(c3cc(C)ccc31)CN(C)CC2)c1ccc(C)cc1. The smallest absolute Gasteiger partial charge is 0.0529 e. The molecule has 1 aliphatic heterocycles. The summed E-state index contributed by atoms with van der Waals surface area (Å²) in [6.45, 7) is 8.70. The molecule has 2 aromatic carbocycles. The van der Waals surface area contributed by atoms with Crippen molar-refractivity contribution < 1.29 is 0 Å². The summed E-state index contributed by atoms with van der Waals surface area (Å²) in [7, 11) is 2.22. The summed E-state index contributed by atoms with van der Waals surface area (Å²) >= 11 is 0. The molecule has 0 saturated heterocycles. The van der Waals surface area contributed by atoms with Crippen LogP contribution in [0, 0.1) is 13.8 Å². The monoisotopic (exact) mass is 330 g/mol. The minimum atomic E-state index is 1.04. The van der Waals surface area contributed by atoms with Crippen LogP contribution in [0.2, 0.25) is 0 Å². The molecule has 2 heteroatoms. The van der Waals surface area contributed by atoms with Gasteiger partial charge in [-0.15, -0.1) is 0 Å². The summed E-state index contributed by atoms with van der Waals surface area (Å²) in [6, 6.07) is 15.7. The highest BCUT2D eigenvalue weighted by molar-refractivity contribution is 5.90. The van der Waals surface area contributed by atoms with E-state index in [9.17, 15) is 0 Å². The van der Waals surface area contributed by atoms with Gasteiger partial charge in [0, 0.05) is 36.8 Å². The van der Waals surface area contributed by atoms with Crippen LogP contribution in [-0.2, 0) is 13.0 Å². The summed E-state index contributed by atoms with van der Waals surface area (Å²) in [5, 5.41) is 1.41. The molecule has 0 N–H and O–H groups in total.